The molecule has 9 nitrogen and oxygen atoms in total. The normalized spacial score (nSPS) is 13.1. The number of carbonyl (C=O) groups excluding carboxylic acids is 4. The van der Waals surface area contributed by atoms with Gasteiger partial charge in [-0.3, -0.25) is 19.3 Å². The van der Waals surface area contributed by atoms with E-state index in [1.807, 2.05) is 18.2 Å². The molecule has 1 fully saturated rings. The molecule has 1 aliphatic heterocycles. The second kappa shape index (κ2) is 9.75. The number of imide groups is 1. The highest BCUT2D eigenvalue weighted by Gasteiger charge is 2.28. The molecule has 0 unspecified atom stereocenters. The van der Waals surface area contributed by atoms with E-state index in [1.54, 1.807) is 60.7 Å². The zero-order chi connectivity index (χ0) is 25.1. The van der Waals surface area contributed by atoms with Crippen molar-refractivity contribution in [1.29, 1.82) is 0 Å². The van der Waals surface area contributed by atoms with E-state index < -0.39 is 6.03 Å². The standard InChI is InChI=1S/C27H22N4O5/c32-24(29-21-6-3-4-18(12-21)16-31-25(33)15-28-27(31)35)13-17-8-10-20(11-9-17)30-26(34)23-14-19-5-1-2-7-22(19)36-23/h1-12,14H,13,15-16H2,(H,28,35)(H,29,32)(H,30,34). The molecule has 3 N–H and O–H groups in total. The maximum atomic E-state index is 12.6. The number of rotatable bonds is 7. The summed E-state index contributed by atoms with van der Waals surface area (Å²) in [6.45, 7) is 0.132. The first-order valence-electron chi connectivity index (χ1n) is 11.3. The number of carbonyl (C=O) groups is 4. The Morgan fingerprint density at radius 1 is 0.861 bits per heavy atom. The molecule has 2 heterocycles. The molecule has 5 rings (SSSR count). The van der Waals surface area contributed by atoms with Gasteiger partial charge in [0, 0.05) is 16.8 Å². The Labute approximate surface area is 206 Å². The summed E-state index contributed by atoms with van der Waals surface area (Å²) in [6, 6.07) is 22.6. The van der Waals surface area contributed by atoms with Gasteiger partial charge in [0.2, 0.25) is 11.8 Å². The molecule has 0 radical (unpaired) electrons. The summed E-state index contributed by atoms with van der Waals surface area (Å²) in [5.41, 5.74) is 3.29. The van der Waals surface area contributed by atoms with Crippen molar-refractivity contribution in [3.63, 3.8) is 0 Å². The van der Waals surface area contributed by atoms with E-state index in [4.69, 9.17) is 4.42 Å². The summed E-state index contributed by atoms with van der Waals surface area (Å²) >= 11 is 0. The van der Waals surface area contributed by atoms with E-state index in [2.05, 4.69) is 16.0 Å². The molecule has 9 heteroatoms. The molecular weight excluding hydrogens is 460 g/mol. The van der Waals surface area contributed by atoms with Gasteiger partial charge in [0.1, 0.15) is 5.58 Å². The van der Waals surface area contributed by atoms with Crippen LogP contribution < -0.4 is 16.0 Å². The van der Waals surface area contributed by atoms with Crippen molar-refractivity contribution in [1.82, 2.24) is 10.2 Å². The van der Waals surface area contributed by atoms with Gasteiger partial charge in [-0.2, -0.15) is 0 Å². The van der Waals surface area contributed by atoms with Crippen LogP contribution >= 0.6 is 0 Å². The number of urea groups is 1. The first kappa shape index (κ1) is 22.9. The number of para-hydroxylation sites is 1. The molecule has 0 spiro atoms. The smallest absolute Gasteiger partial charge is 0.324 e. The van der Waals surface area contributed by atoms with Gasteiger partial charge in [0.05, 0.1) is 19.5 Å². The first-order valence-corrected chi connectivity index (χ1v) is 11.3. The molecule has 1 saturated heterocycles. The molecule has 5 amide bonds. The van der Waals surface area contributed by atoms with Crippen LogP contribution in [0, 0.1) is 0 Å². The van der Waals surface area contributed by atoms with Gasteiger partial charge in [0.15, 0.2) is 5.76 Å². The average molecular weight is 482 g/mol. The lowest BCUT2D eigenvalue weighted by Crippen LogP contribution is -2.30. The van der Waals surface area contributed by atoms with Gasteiger partial charge < -0.3 is 20.4 Å². The van der Waals surface area contributed by atoms with Crippen molar-refractivity contribution in [3.8, 4) is 0 Å². The van der Waals surface area contributed by atoms with Crippen LogP contribution in [0.5, 0.6) is 0 Å². The quantitative estimate of drug-likeness (QED) is 0.345. The minimum atomic E-state index is -0.424. The summed E-state index contributed by atoms with van der Waals surface area (Å²) in [7, 11) is 0. The molecule has 0 aliphatic carbocycles. The number of anilines is 2. The molecule has 180 valence electrons. The van der Waals surface area contributed by atoms with Crippen LogP contribution in [0.25, 0.3) is 11.0 Å². The molecule has 0 bridgehead atoms. The zero-order valence-corrected chi connectivity index (χ0v) is 19.1. The molecular formula is C27H22N4O5. The van der Waals surface area contributed by atoms with Gasteiger partial charge in [-0.1, -0.05) is 42.5 Å². The summed E-state index contributed by atoms with van der Waals surface area (Å²) in [4.78, 5) is 49.7. The highest BCUT2D eigenvalue weighted by atomic mass is 16.3. The van der Waals surface area contributed by atoms with Crippen molar-refractivity contribution in [2.24, 2.45) is 0 Å². The van der Waals surface area contributed by atoms with E-state index in [0.717, 1.165) is 21.4 Å². The van der Waals surface area contributed by atoms with E-state index in [9.17, 15) is 19.2 Å². The number of amides is 5. The number of nitrogens with zero attached hydrogens (tertiary/aromatic N) is 1. The van der Waals surface area contributed by atoms with Gasteiger partial charge in [-0.15, -0.1) is 0 Å². The maximum Gasteiger partial charge on any atom is 0.324 e. The second-order valence-electron chi connectivity index (χ2n) is 8.36. The van der Waals surface area contributed by atoms with Crippen LogP contribution in [0.3, 0.4) is 0 Å². The Balaban J connectivity index is 1.16. The van der Waals surface area contributed by atoms with Crippen LogP contribution in [0.1, 0.15) is 21.7 Å². The fraction of sp³-hybridized carbons (Fsp3) is 0.111. The lowest BCUT2D eigenvalue weighted by molar-refractivity contribution is -0.125. The summed E-state index contributed by atoms with van der Waals surface area (Å²) in [6.07, 6.45) is 0.134. The summed E-state index contributed by atoms with van der Waals surface area (Å²) < 4.78 is 5.59. The molecule has 0 atom stereocenters. The fourth-order valence-electron chi connectivity index (χ4n) is 3.93. The number of benzene rings is 3. The third-order valence-electron chi connectivity index (χ3n) is 5.71. The minimum Gasteiger partial charge on any atom is -0.451 e. The Kier molecular flexibility index (Phi) is 6.19. The van der Waals surface area contributed by atoms with E-state index in [0.29, 0.717) is 17.0 Å². The maximum absolute atomic E-state index is 12.6. The molecule has 36 heavy (non-hydrogen) atoms. The molecule has 3 aromatic carbocycles. The predicted molar refractivity (Wildman–Crippen MR) is 133 cm³/mol. The van der Waals surface area contributed by atoms with Crippen molar-refractivity contribution >= 4 is 46.1 Å². The molecule has 1 aliphatic rings. The van der Waals surface area contributed by atoms with Crippen molar-refractivity contribution in [3.05, 3.63) is 95.7 Å². The Morgan fingerprint density at radius 3 is 2.42 bits per heavy atom. The van der Waals surface area contributed by atoms with Crippen molar-refractivity contribution in [2.45, 2.75) is 13.0 Å². The predicted octanol–water partition coefficient (Wildman–Crippen LogP) is 3.92. The van der Waals surface area contributed by atoms with Gasteiger partial charge in [0.25, 0.3) is 5.91 Å². The third-order valence-corrected chi connectivity index (χ3v) is 5.71. The van der Waals surface area contributed by atoms with E-state index >= 15 is 0 Å². The topological polar surface area (TPSA) is 121 Å². The average Bonchev–Trinajstić information content (AvgIpc) is 3.44. The molecule has 0 saturated carbocycles. The highest BCUT2D eigenvalue weighted by Crippen LogP contribution is 2.20. The van der Waals surface area contributed by atoms with Crippen LogP contribution in [0.2, 0.25) is 0 Å². The monoisotopic (exact) mass is 482 g/mol. The number of fused-ring (bicyclic) bond motifs is 1. The summed E-state index contributed by atoms with van der Waals surface area (Å²) in [5.74, 6) is -0.644. The fourth-order valence-corrected chi connectivity index (χ4v) is 3.93. The summed E-state index contributed by atoms with van der Waals surface area (Å²) in [5, 5.41) is 8.96. The molecule has 1 aromatic heterocycles. The van der Waals surface area contributed by atoms with Gasteiger partial charge in [-0.25, -0.2) is 4.79 Å². The van der Waals surface area contributed by atoms with Crippen LogP contribution in [0.4, 0.5) is 16.2 Å². The zero-order valence-electron chi connectivity index (χ0n) is 19.1. The Hall–Kier alpha value is -4.92. The Bertz CT molecular complexity index is 1430. The first-order chi connectivity index (χ1) is 17.4. The van der Waals surface area contributed by atoms with Crippen LogP contribution in [-0.4, -0.2) is 35.2 Å². The largest absolute Gasteiger partial charge is 0.451 e. The number of hydrogen-bond donors (Lipinski definition) is 3. The number of furan rings is 1. The lowest BCUT2D eigenvalue weighted by atomic mass is 10.1. The van der Waals surface area contributed by atoms with Crippen LogP contribution in [-0.2, 0) is 22.6 Å². The number of nitrogens with one attached hydrogen (secondary N) is 3. The van der Waals surface area contributed by atoms with E-state index in [1.165, 1.54) is 0 Å². The van der Waals surface area contributed by atoms with Crippen molar-refractivity contribution in [2.75, 3.05) is 17.2 Å². The Morgan fingerprint density at radius 2 is 1.67 bits per heavy atom. The van der Waals surface area contributed by atoms with Crippen molar-refractivity contribution < 1.29 is 23.6 Å². The SMILES string of the molecule is O=C(Cc1ccc(NC(=O)c2cc3ccccc3o2)cc1)Nc1cccc(CN2C(=O)CNC2=O)c1. The van der Waals surface area contributed by atoms with Gasteiger partial charge >= 0.3 is 6.03 Å². The molecule has 4 aromatic rings. The lowest BCUT2D eigenvalue weighted by Gasteiger charge is -2.13. The second-order valence-corrected chi connectivity index (χ2v) is 8.36. The third kappa shape index (κ3) is 5.10. The minimum absolute atomic E-state index is 0.00235. The van der Waals surface area contributed by atoms with Gasteiger partial charge in [-0.05, 0) is 47.5 Å². The number of hydrogen-bond acceptors (Lipinski definition) is 5. The highest BCUT2D eigenvalue weighted by molar-refractivity contribution is 6.04. The van der Waals surface area contributed by atoms with E-state index in [-0.39, 0.29) is 43.0 Å². The van der Waals surface area contributed by atoms with Crippen LogP contribution in [0.15, 0.2) is 83.3 Å².